The molecule has 2 fully saturated rings. The number of aliphatic hydroxyl groups excluding tert-OH is 1. The van der Waals surface area contributed by atoms with Crippen molar-refractivity contribution in [3.05, 3.63) is 24.9 Å². The molecule has 0 aromatic carbocycles. The van der Waals surface area contributed by atoms with Crippen LogP contribution < -0.4 is 4.90 Å². The number of aromatic nitrogens is 5. The highest BCUT2D eigenvalue weighted by molar-refractivity contribution is 6.01. The Labute approximate surface area is 133 Å². The third kappa shape index (κ3) is 1.77. The van der Waals surface area contributed by atoms with Crippen molar-refractivity contribution >= 4 is 16.9 Å². The molecule has 23 heavy (non-hydrogen) atoms. The third-order valence-corrected chi connectivity index (χ3v) is 5.39. The highest BCUT2D eigenvalue weighted by Gasteiger charge is 2.59. The first kappa shape index (κ1) is 13.1. The van der Waals surface area contributed by atoms with Crippen molar-refractivity contribution in [2.45, 2.75) is 6.42 Å². The van der Waals surface area contributed by atoms with Crippen LogP contribution in [0.4, 0.5) is 5.82 Å². The van der Waals surface area contributed by atoms with E-state index in [1.54, 1.807) is 11.0 Å². The lowest BCUT2D eigenvalue weighted by Crippen LogP contribution is -2.27. The fourth-order valence-electron chi connectivity index (χ4n) is 3.97. The van der Waals surface area contributed by atoms with Gasteiger partial charge in [-0.3, -0.25) is 4.68 Å². The number of piperidine rings is 1. The lowest BCUT2D eigenvalue weighted by atomic mass is 10.1. The van der Waals surface area contributed by atoms with E-state index in [0.29, 0.717) is 5.92 Å². The van der Waals surface area contributed by atoms with Gasteiger partial charge in [0.25, 0.3) is 0 Å². The first-order valence-corrected chi connectivity index (χ1v) is 7.87. The summed E-state index contributed by atoms with van der Waals surface area (Å²) < 4.78 is 1.80. The molecule has 1 saturated heterocycles. The van der Waals surface area contributed by atoms with Gasteiger partial charge < -0.3 is 15.0 Å². The molecule has 3 aromatic heterocycles. The van der Waals surface area contributed by atoms with Gasteiger partial charge in [-0.15, -0.1) is 0 Å². The zero-order chi connectivity index (χ0) is 15.6. The Balaban J connectivity index is 1.63. The smallest absolute Gasteiger partial charge is 0.143 e. The average Bonchev–Trinajstić information content (AvgIpc) is 2.97. The van der Waals surface area contributed by atoms with Crippen molar-refractivity contribution < 1.29 is 5.11 Å². The molecule has 0 spiro atoms. The highest BCUT2D eigenvalue weighted by atomic mass is 16.3. The summed E-state index contributed by atoms with van der Waals surface area (Å²) in [6, 6.07) is 0. The maximum atomic E-state index is 9.66. The predicted molar refractivity (Wildman–Crippen MR) is 85.9 cm³/mol. The second kappa shape index (κ2) is 4.32. The van der Waals surface area contributed by atoms with Crippen LogP contribution in [0, 0.1) is 11.3 Å². The molecule has 3 aromatic rings. The minimum absolute atomic E-state index is 0.0993. The number of hydrogen-bond donors (Lipinski definition) is 2. The Kier molecular flexibility index (Phi) is 2.45. The summed E-state index contributed by atoms with van der Waals surface area (Å²) in [5, 5.41) is 15.0. The van der Waals surface area contributed by atoms with E-state index in [0.717, 1.165) is 47.5 Å². The molecule has 0 radical (unpaired) electrons. The number of nitrogens with one attached hydrogen (secondary N) is 1. The molecule has 2 N–H and O–H groups in total. The molecule has 2 aliphatic rings. The zero-order valence-electron chi connectivity index (χ0n) is 12.9. The molecule has 0 bridgehead atoms. The van der Waals surface area contributed by atoms with E-state index in [2.05, 4.69) is 25.0 Å². The monoisotopic (exact) mass is 310 g/mol. The average molecular weight is 310 g/mol. The van der Waals surface area contributed by atoms with Crippen LogP contribution in [0.15, 0.2) is 24.9 Å². The van der Waals surface area contributed by atoms with Gasteiger partial charge >= 0.3 is 0 Å². The molecular weight excluding hydrogens is 292 g/mol. The molecular formula is C16H18N6O. The highest BCUT2D eigenvalue weighted by Crippen LogP contribution is 2.58. The number of rotatable bonds is 3. The van der Waals surface area contributed by atoms with Crippen LogP contribution in [0.5, 0.6) is 0 Å². The van der Waals surface area contributed by atoms with Gasteiger partial charge in [-0.2, -0.15) is 5.10 Å². The Bertz CT molecular complexity index is 895. The molecule has 7 nitrogen and oxygen atoms in total. The van der Waals surface area contributed by atoms with Crippen molar-refractivity contribution in [1.82, 2.24) is 24.7 Å². The first-order valence-electron chi connectivity index (χ1n) is 7.87. The van der Waals surface area contributed by atoms with Crippen LogP contribution in [0.1, 0.15) is 6.42 Å². The number of hydrogen-bond acceptors (Lipinski definition) is 5. The summed E-state index contributed by atoms with van der Waals surface area (Å²) in [4.78, 5) is 14.5. The van der Waals surface area contributed by atoms with Crippen LogP contribution in [0.2, 0.25) is 0 Å². The van der Waals surface area contributed by atoms with Gasteiger partial charge in [-0.1, -0.05) is 0 Å². The second-order valence-corrected chi connectivity index (χ2v) is 6.83. The number of anilines is 1. The number of nitrogens with zero attached hydrogens (tertiary/aromatic N) is 5. The molecule has 7 heteroatoms. The fourth-order valence-corrected chi connectivity index (χ4v) is 3.97. The quantitative estimate of drug-likeness (QED) is 0.759. The van der Waals surface area contributed by atoms with Crippen molar-refractivity contribution in [3.8, 4) is 11.1 Å². The van der Waals surface area contributed by atoms with Crippen LogP contribution in [-0.4, -0.2) is 49.5 Å². The van der Waals surface area contributed by atoms with E-state index in [1.807, 2.05) is 25.6 Å². The topological polar surface area (TPSA) is 82.9 Å². The van der Waals surface area contributed by atoms with Gasteiger partial charge in [0.15, 0.2) is 0 Å². The van der Waals surface area contributed by atoms with Crippen molar-refractivity contribution in [2.24, 2.45) is 18.4 Å². The van der Waals surface area contributed by atoms with E-state index < -0.39 is 0 Å². The van der Waals surface area contributed by atoms with E-state index in [1.165, 1.54) is 0 Å². The minimum atomic E-state index is 0.0993. The molecule has 1 aliphatic carbocycles. The van der Waals surface area contributed by atoms with Crippen LogP contribution in [0.25, 0.3) is 22.2 Å². The zero-order valence-corrected chi connectivity index (χ0v) is 12.9. The van der Waals surface area contributed by atoms with Gasteiger partial charge in [0.1, 0.15) is 17.8 Å². The van der Waals surface area contributed by atoms with E-state index in [-0.39, 0.29) is 12.0 Å². The number of aryl methyl sites for hydroxylation is 1. The van der Waals surface area contributed by atoms with Crippen molar-refractivity contribution in [3.63, 3.8) is 0 Å². The molecule has 4 heterocycles. The molecule has 1 saturated carbocycles. The van der Waals surface area contributed by atoms with Crippen LogP contribution >= 0.6 is 0 Å². The van der Waals surface area contributed by atoms with E-state index in [9.17, 15) is 5.11 Å². The Morgan fingerprint density at radius 2 is 2.35 bits per heavy atom. The van der Waals surface area contributed by atoms with E-state index >= 15 is 0 Å². The normalized spacial score (nSPS) is 26.0. The summed E-state index contributed by atoms with van der Waals surface area (Å²) in [6.45, 7) is 2.10. The molecule has 118 valence electrons. The lowest BCUT2D eigenvalue weighted by molar-refractivity contribution is 0.216. The minimum Gasteiger partial charge on any atom is -0.396 e. The largest absolute Gasteiger partial charge is 0.396 e. The first-order chi connectivity index (χ1) is 11.2. The summed E-state index contributed by atoms with van der Waals surface area (Å²) in [5.41, 5.74) is 3.06. The van der Waals surface area contributed by atoms with Gasteiger partial charge in [-0.25, -0.2) is 9.97 Å². The fraction of sp³-hybridized carbons (Fsp3) is 0.438. The SMILES string of the molecule is Cn1cc(-c2c[nH]c3ncnc(N4CC5CC5(CO)C4)c23)cn1. The standard InChI is InChI=1S/C16H18N6O/c1-21-5-10(3-20-21)12-4-17-14-13(12)15(19-9-18-14)22-6-11-2-16(11,7-22)8-23/h3-5,9,11,23H,2,6-8H2,1H3,(H,17,18,19). The number of H-pyrrole nitrogens is 1. The van der Waals surface area contributed by atoms with Crippen molar-refractivity contribution in [1.29, 1.82) is 0 Å². The third-order valence-electron chi connectivity index (χ3n) is 5.39. The Morgan fingerprint density at radius 3 is 3.09 bits per heavy atom. The van der Waals surface area contributed by atoms with Gasteiger partial charge in [-0.05, 0) is 12.3 Å². The predicted octanol–water partition coefficient (Wildman–Crippen LogP) is 1.18. The molecule has 2 unspecified atom stereocenters. The molecule has 5 rings (SSSR count). The number of aromatic amines is 1. The van der Waals surface area contributed by atoms with Crippen LogP contribution in [0.3, 0.4) is 0 Å². The van der Waals surface area contributed by atoms with Gasteiger partial charge in [0.2, 0.25) is 0 Å². The van der Waals surface area contributed by atoms with E-state index in [4.69, 9.17) is 0 Å². The van der Waals surface area contributed by atoms with Crippen LogP contribution in [-0.2, 0) is 7.05 Å². The molecule has 2 atom stereocenters. The Hall–Kier alpha value is -2.41. The van der Waals surface area contributed by atoms with Gasteiger partial charge in [0, 0.05) is 49.1 Å². The lowest BCUT2D eigenvalue weighted by Gasteiger charge is -2.22. The second-order valence-electron chi connectivity index (χ2n) is 6.83. The number of aliphatic hydroxyl groups is 1. The maximum absolute atomic E-state index is 9.66. The van der Waals surface area contributed by atoms with Gasteiger partial charge in [0.05, 0.1) is 18.2 Å². The summed E-state index contributed by atoms with van der Waals surface area (Å²) in [5.74, 6) is 1.55. The summed E-state index contributed by atoms with van der Waals surface area (Å²) >= 11 is 0. The summed E-state index contributed by atoms with van der Waals surface area (Å²) in [7, 11) is 1.91. The maximum Gasteiger partial charge on any atom is 0.143 e. The summed E-state index contributed by atoms with van der Waals surface area (Å²) in [6.07, 6.45) is 8.57. The molecule has 0 amide bonds. The Morgan fingerprint density at radius 1 is 1.43 bits per heavy atom. The number of fused-ring (bicyclic) bond motifs is 2. The van der Waals surface area contributed by atoms with Crippen molar-refractivity contribution in [2.75, 3.05) is 24.6 Å². The molecule has 1 aliphatic heterocycles.